The van der Waals surface area contributed by atoms with Crippen molar-refractivity contribution in [2.75, 3.05) is 19.3 Å². The molecule has 0 aromatic carbocycles. The molecule has 0 aromatic rings. The van der Waals surface area contributed by atoms with E-state index in [0.29, 0.717) is 19.5 Å². The Morgan fingerprint density at radius 1 is 1.44 bits per heavy atom. The summed E-state index contributed by atoms with van der Waals surface area (Å²) in [6.07, 6.45) is 0.563. The summed E-state index contributed by atoms with van der Waals surface area (Å²) in [4.78, 5) is 22.8. The first-order valence-electron chi connectivity index (χ1n) is 4.76. The van der Waals surface area contributed by atoms with Crippen LogP contribution in [-0.4, -0.2) is 49.8 Å². The average Bonchev–Trinajstić information content (AvgIpc) is 1.96. The molecule has 1 fully saturated rings. The second kappa shape index (κ2) is 4.69. The number of carboxylic acid groups (broad SMARTS) is 1. The van der Waals surface area contributed by atoms with Crippen molar-refractivity contribution in [3.05, 3.63) is 0 Å². The van der Waals surface area contributed by atoms with Crippen LogP contribution in [0.25, 0.3) is 0 Å². The van der Waals surface area contributed by atoms with Crippen molar-refractivity contribution in [2.45, 2.75) is 12.8 Å². The summed E-state index contributed by atoms with van der Waals surface area (Å²) >= 11 is 0. The molecule has 7 nitrogen and oxygen atoms in total. The van der Waals surface area contributed by atoms with Gasteiger partial charge >= 0.3 is 6.09 Å². The topological polar surface area (TPSA) is 104 Å². The molecule has 1 saturated heterocycles. The van der Waals surface area contributed by atoms with Crippen LogP contribution in [0.4, 0.5) is 4.79 Å². The Bertz CT molecular complexity index is 385. The van der Waals surface area contributed by atoms with Crippen molar-refractivity contribution in [3.63, 3.8) is 0 Å². The Morgan fingerprint density at radius 3 is 2.44 bits per heavy atom. The number of rotatable bonds is 4. The molecule has 0 saturated carbocycles. The molecular formula is C8H14N2O5S. The lowest BCUT2D eigenvalue weighted by molar-refractivity contribution is -0.119. The number of hydrogen-bond donors (Lipinski definition) is 2. The van der Waals surface area contributed by atoms with Crippen LogP contribution in [-0.2, 0) is 14.8 Å². The third kappa shape index (κ3) is 4.05. The monoisotopic (exact) mass is 250 g/mol. The number of carbonyl (C=O) groups excluding carboxylic acids is 1. The molecule has 0 spiro atoms. The lowest BCUT2D eigenvalue weighted by Crippen LogP contribution is -2.49. The van der Waals surface area contributed by atoms with Gasteiger partial charge in [0.25, 0.3) is 0 Å². The Hall–Kier alpha value is -1.31. The highest BCUT2D eigenvalue weighted by atomic mass is 32.2. The number of likely N-dealkylation sites (tertiary alicyclic amines) is 1. The van der Waals surface area contributed by atoms with Crippen LogP contribution in [0, 0.1) is 5.92 Å². The zero-order chi connectivity index (χ0) is 12.3. The van der Waals surface area contributed by atoms with Crippen molar-refractivity contribution in [1.82, 2.24) is 9.62 Å². The van der Waals surface area contributed by atoms with Crippen LogP contribution in [0.2, 0.25) is 0 Å². The number of nitrogens with one attached hydrogen (secondary N) is 1. The lowest BCUT2D eigenvalue weighted by Gasteiger charge is -2.36. The molecule has 1 aliphatic rings. The fourth-order valence-corrected chi connectivity index (χ4v) is 2.02. The van der Waals surface area contributed by atoms with Crippen LogP contribution in [0.1, 0.15) is 12.8 Å². The highest BCUT2D eigenvalue weighted by molar-refractivity contribution is 7.89. The normalized spacial score (nSPS) is 16.7. The SMILES string of the molecule is CS(=O)(=O)NC(=O)CCC1CN(C(=O)O)C1. The van der Waals surface area contributed by atoms with Gasteiger partial charge in [-0.15, -0.1) is 0 Å². The number of hydrogen-bond acceptors (Lipinski definition) is 4. The third-order valence-electron chi connectivity index (χ3n) is 2.31. The van der Waals surface area contributed by atoms with E-state index in [-0.39, 0.29) is 12.3 Å². The van der Waals surface area contributed by atoms with Crippen LogP contribution in [0.5, 0.6) is 0 Å². The summed E-state index contributed by atoms with van der Waals surface area (Å²) in [5.41, 5.74) is 0. The average molecular weight is 250 g/mol. The first kappa shape index (κ1) is 12.8. The standard InChI is InChI=1S/C8H14N2O5S/c1-16(14,15)9-7(11)3-2-6-4-10(5-6)8(12)13/h6H,2-5H2,1H3,(H,9,11)(H,12,13). The quantitative estimate of drug-likeness (QED) is 0.697. The van der Waals surface area contributed by atoms with Crippen molar-refractivity contribution < 1.29 is 23.1 Å². The number of nitrogens with zero attached hydrogens (tertiary/aromatic N) is 1. The molecule has 1 rings (SSSR count). The molecule has 92 valence electrons. The van der Waals surface area contributed by atoms with Gasteiger partial charge in [-0.2, -0.15) is 0 Å². The van der Waals surface area contributed by atoms with E-state index in [9.17, 15) is 18.0 Å². The predicted octanol–water partition coefficient (Wildman–Crippen LogP) is -0.548. The Morgan fingerprint density at radius 2 is 2.00 bits per heavy atom. The number of carbonyl (C=O) groups is 2. The first-order valence-corrected chi connectivity index (χ1v) is 6.65. The van der Waals surface area contributed by atoms with E-state index in [1.54, 1.807) is 0 Å². The molecule has 2 amide bonds. The zero-order valence-corrected chi connectivity index (χ0v) is 9.66. The zero-order valence-electron chi connectivity index (χ0n) is 8.84. The highest BCUT2D eigenvalue weighted by Gasteiger charge is 2.30. The molecule has 0 atom stereocenters. The smallest absolute Gasteiger partial charge is 0.407 e. The maximum atomic E-state index is 11.1. The molecule has 1 aliphatic heterocycles. The summed E-state index contributed by atoms with van der Waals surface area (Å²) in [7, 11) is -3.49. The van der Waals surface area contributed by atoms with E-state index in [2.05, 4.69) is 0 Å². The molecular weight excluding hydrogens is 236 g/mol. The van der Waals surface area contributed by atoms with Gasteiger partial charge in [0.15, 0.2) is 0 Å². The van der Waals surface area contributed by atoms with Gasteiger partial charge in [0.05, 0.1) is 6.26 Å². The van der Waals surface area contributed by atoms with Gasteiger partial charge in [-0.05, 0) is 12.3 Å². The van der Waals surface area contributed by atoms with Gasteiger partial charge in [-0.25, -0.2) is 13.2 Å². The van der Waals surface area contributed by atoms with Crippen LogP contribution in [0.3, 0.4) is 0 Å². The lowest BCUT2D eigenvalue weighted by atomic mass is 9.95. The Kier molecular flexibility index (Phi) is 3.74. The summed E-state index contributed by atoms with van der Waals surface area (Å²) in [6, 6.07) is 0. The Balaban J connectivity index is 2.18. The summed E-state index contributed by atoms with van der Waals surface area (Å²) in [6.45, 7) is 0.836. The summed E-state index contributed by atoms with van der Waals surface area (Å²) in [5.74, 6) is -0.391. The van der Waals surface area contributed by atoms with Crippen LogP contribution in [0.15, 0.2) is 0 Å². The van der Waals surface area contributed by atoms with Gasteiger partial charge in [0.2, 0.25) is 15.9 Å². The summed E-state index contributed by atoms with van der Waals surface area (Å²) < 4.78 is 23.2. The van der Waals surface area contributed by atoms with E-state index in [1.165, 1.54) is 4.90 Å². The Labute approximate surface area is 93.5 Å². The van der Waals surface area contributed by atoms with Crippen LogP contribution >= 0.6 is 0 Å². The molecule has 8 heteroatoms. The van der Waals surface area contributed by atoms with Gasteiger partial charge in [-0.3, -0.25) is 9.52 Å². The molecule has 0 aliphatic carbocycles. The van der Waals surface area contributed by atoms with Gasteiger partial charge in [-0.1, -0.05) is 0 Å². The second-order valence-corrected chi connectivity index (χ2v) is 5.64. The van der Waals surface area contributed by atoms with Crippen LogP contribution < -0.4 is 4.72 Å². The fraction of sp³-hybridized carbons (Fsp3) is 0.750. The molecule has 0 unspecified atom stereocenters. The van der Waals surface area contributed by atoms with E-state index >= 15 is 0 Å². The molecule has 0 bridgehead atoms. The van der Waals surface area contributed by atoms with Crippen molar-refractivity contribution >= 4 is 22.0 Å². The van der Waals surface area contributed by atoms with E-state index in [0.717, 1.165) is 6.26 Å². The molecule has 0 radical (unpaired) electrons. The maximum Gasteiger partial charge on any atom is 0.407 e. The molecule has 2 N–H and O–H groups in total. The third-order valence-corrected chi connectivity index (χ3v) is 2.91. The predicted molar refractivity (Wildman–Crippen MR) is 55.3 cm³/mol. The van der Waals surface area contributed by atoms with Gasteiger partial charge in [0.1, 0.15) is 0 Å². The van der Waals surface area contributed by atoms with E-state index in [1.807, 2.05) is 4.72 Å². The minimum atomic E-state index is -3.49. The minimum absolute atomic E-state index is 0.102. The highest BCUT2D eigenvalue weighted by Crippen LogP contribution is 2.20. The molecule has 1 heterocycles. The molecule has 0 aromatic heterocycles. The van der Waals surface area contributed by atoms with E-state index in [4.69, 9.17) is 5.11 Å². The first-order chi connectivity index (χ1) is 7.28. The fourth-order valence-electron chi connectivity index (χ4n) is 1.50. The van der Waals surface area contributed by atoms with Crippen molar-refractivity contribution in [3.8, 4) is 0 Å². The molecule has 16 heavy (non-hydrogen) atoms. The number of amides is 2. The van der Waals surface area contributed by atoms with Crippen molar-refractivity contribution in [2.24, 2.45) is 5.92 Å². The van der Waals surface area contributed by atoms with Gasteiger partial charge in [0, 0.05) is 19.5 Å². The van der Waals surface area contributed by atoms with E-state index < -0.39 is 22.0 Å². The minimum Gasteiger partial charge on any atom is -0.465 e. The van der Waals surface area contributed by atoms with Crippen molar-refractivity contribution in [1.29, 1.82) is 0 Å². The summed E-state index contributed by atoms with van der Waals surface area (Å²) in [5, 5.41) is 8.55. The maximum absolute atomic E-state index is 11.1. The largest absolute Gasteiger partial charge is 0.465 e. The van der Waals surface area contributed by atoms with Gasteiger partial charge < -0.3 is 10.0 Å². The second-order valence-electron chi connectivity index (χ2n) is 3.89. The number of sulfonamides is 1.